The lowest BCUT2D eigenvalue weighted by molar-refractivity contribution is -0.122. The number of carbonyl (C=O) groups is 1. The van der Waals surface area contributed by atoms with Gasteiger partial charge in [-0.3, -0.25) is 19.1 Å². The summed E-state index contributed by atoms with van der Waals surface area (Å²) < 4.78 is 6.97. The van der Waals surface area contributed by atoms with Crippen LogP contribution < -0.4 is 10.9 Å². The van der Waals surface area contributed by atoms with Crippen LogP contribution in [0.2, 0.25) is 0 Å². The standard InChI is InChI=1S/C22H24N4O3/c27-20(7-11-26-15-24-19-6-2-1-5-18(19)22(26)28)25-21(16-8-12-29-13-9-16)17-4-3-10-23-14-17/h1-6,10,14-16,21H,7-9,11-13H2,(H,25,27). The predicted octanol–water partition coefficient (Wildman–Crippen LogP) is 2.47. The number of pyridine rings is 1. The van der Waals surface area contributed by atoms with Crippen molar-refractivity contribution in [2.75, 3.05) is 13.2 Å². The minimum Gasteiger partial charge on any atom is -0.381 e. The molecule has 1 saturated heterocycles. The Kier molecular flexibility index (Phi) is 5.95. The van der Waals surface area contributed by atoms with Crippen LogP contribution in [0.15, 0.2) is 59.9 Å². The molecule has 7 heteroatoms. The monoisotopic (exact) mass is 392 g/mol. The Labute approximate surface area is 168 Å². The largest absolute Gasteiger partial charge is 0.381 e. The molecule has 3 aromatic rings. The van der Waals surface area contributed by atoms with E-state index < -0.39 is 0 Å². The Bertz CT molecular complexity index is 1030. The summed E-state index contributed by atoms with van der Waals surface area (Å²) in [7, 11) is 0. The number of fused-ring (bicyclic) bond motifs is 1. The van der Waals surface area contributed by atoms with E-state index in [4.69, 9.17) is 4.74 Å². The molecule has 0 aliphatic carbocycles. The van der Waals surface area contributed by atoms with E-state index in [2.05, 4.69) is 15.3 Å². The summed E-state index contributed by atoms with van der Waals surface area (Å²) >= 11 is 0. The normalized spacial score (nSPS) is 15.9. The molecule has 1 unspecified atom stereocenters. The van der Waals surface area contributed by atoms with Gasteiger partial charge in [0.15, 0.2) is 0 Å². The molecule has 29 heavy (non-hydrogen) atoms. The zero-order valence-electron chi connectivity index (χ0n) is 16.2. The van der Waals surface area contributed by atoms with E-state index in [1.165, 1.54) is 10.9 Å². The van der Waals surface area contributed by atoms with Crippen molar-refractivity contribution in [2.24, 2.45) is 5.92 Å². The van der Waals surface area contributed by atoms with Gasteiger partial charge in [0.25, 0.3) is 5.56 Å². The van der Waals surface area contributed by atoms with Crippen LogP contribution in [0.3, 0.4) is 0 Å². The molecular weight excluding hydrogens is 368 g/mol. The second-order valence-electron chi connectivity index (χ2n) is 7.29. The van der Waals surface area contributed by atoms with Gasteiger partial charge in [0.2, 0.25) is 5.91 Å². The third kappa shape index (κ3) is 4.51. The minimum atomic E-state index is -0.128. The number of nitrogens with one attached hydrogen (secondary N) is 1. The number of benzene rings is 1. The minimum absolute atomic E-state index is 0.0922. The quantitative estimate of drug-likeness (QED) is 0.696. The van der Waals surface area contributed by atoms with E-state index in [9.17, 15) is 9.59 Å². The van der Waals surface area contributed by atoms with Crippen molar-refractivity contribution in [1.29, 1.82) is 0 Å². The van der Waals surface area contributed by atoms with Crippen molar-refractivity contribution < 1.29 is 9.53 Å². The number of ether oxygens (including phenoxy) is 1. The van der Waals surface area contributed by atoms with Gasteiger partial charge in [-0.15, -0.1) is 0 Å². The number of para-hydroxylation sites is 1. The van der Waals surface area contributed by atoms with Gasteiger partial charge >= 0.3 is 0 Å². The first-order valence-electron chi connectivity index (χ1n) is 9.93. The Hall–Kier alpha value is -3.06. The van der Waals surface area contributed by atoms with Crippen LogP contribution >= 0.6 is 0 Å². The van der Waals surface area contributed by atoms with E-state index in [0.717, 1.165) is 18.4 Å². The summed E-state index contributed by atoms with van der Waals surface area (Å²) in [6.45, 7) is 1.70. The van der Waals surface area contributed by atoms with Crippen molar-refractivity contribution in [1.82, 2.24) is 19.9 Å². The zero-order chi connectivity index (χ0) is 20.1. The van der Waals surface area contributed by atoms with Crippen molar-refractivity contribution in [3.05, 3.63) is 71.0 Å². The van der Waals surface area contributed by atoms with E-state index in [1.54, 1.807) is 24.5 Å². The topological polar surface area (TPSA) is 86.1 Å². The number of hydrogen-bond donors (Lipinski definition) is 1. The van der Waals surface area contributed by atoms with Crippen molar-refractivity contribution in [3.63, 3.8) is 0 Å². The summed E-state index contributed by atoms with van der Waals surface area (Å²) in [5.41, 5.74) is 1.53. The number of carbonyl (C=O) groups excluding carboxylic acids is 1. The molecular formula is C22H24N4O3. The lowest BCUT2D eigenvalue weighted by Gasteiger charge is -2.31. The van der Waals surface area contributed by atoms with Gasteiger partial charge in [-0.25, -0.2) is 4.98 Å². The molecule has 1 amide bonds. The number of nitrogens with zero attached hydrogens (tertiary/aromatic N) is 3. The summed E-state index contributed by atoms with van der Waals surface area (Å²) in [5.74, 6) is 0.215. The molecule has 1 aliphatic rings. The molecule has 150 valence electrons. The fourth-order valence-corrected chi connectivity index (χ4v) is 3.82. The van der Waals surface area contributed by atoms with Crippen LogP contribution in [0.4, 0.5) is 0 Å². The average Bonchev–Trinajstić information content (AvgIpc) is 2.78. The first-order valence-corrected chi connectivity index (χ1v) is 9.93. The SMILES string of the molecule is O=C(CCn1cnc2ccccc2c1=O)NC(c1cccnc1)C1CCOCC1. The van der Waals surface area contributed by atoms with E-state index in [1.807, 2.05) is 24.3 Å². The van der Waals surface area contributed by atoms with Crippen LogP contribution in [0, 0.1) is 5.92 Å². The molecule has 1 N–H and O–H groups in total. The highest BCUT2D eigenvalue weighted by molar-refractivity contribution is 5.77. The second kappa shape index (κ2) is 8.96. The molecule has 1 aromatic carbocycles. The van der Waals surface area contributed by atoms with Gasteiger partial charge in [0.1, 0.15) is 0 Å². The molecule has 1 aliphatic heterocycles. The van der Waals surface area contributed by atoms with E-state index >= 15 is 0 Å². The second-order valence-corrected chi connectivity index (χ2v) is 7.29. The van der Waals surface area contributed by atoms with Gasteiger partial charge in [-0.05, 0) is 42.5 Å². The smallest absolute Gasteiger partial charge is 0.261 e. The van der Waals surface area contributed by atoms with Gasteiger partial charge < -0.3 is 10.1 Å². The fourth-order valence-electron chi connectivity index (χ4n) is 3.82. The lowest BCUT2D eigenvalue weighted by atomic mass is 9.87. The lowest BCUT2D eigenvalue weighted by Crippen LogP contribution is -2.36. The van der Waals surface area contributed by atoms with Gasteiger partial charge in [-0.2, -0.15) is 0 Å². The first-order chi connectivity index (χ1) is 14.2. The van der Waals surface area contributed by atoms with Gasteiger partial charge in [-0.1, -0.05) is 18.2 Å². The number of aromatic nitrogens is 3. The molecule has 0 radical (unpaired) electrons. The summed E-state index contributed by atoms with van der Waals surface area (Å²) in [6, 6.07) is 11.0. The predicted molar refractivity (Wildman–Crippen MR) is 109 cm³/mol. The van der Waals surface area contributed by atoms with E-state index in [-0.39, 0.29) is 30.5 Å². The molecule has 1 fully saturated rings. The number of hydrogen-bond acceptors (Lipinski definition) is 5. The Morgan fingerprint density at radius 3 is 2.83 bits per heavy atom. The van der Waals surface area contributed by atoms with Crippen LogP contribution in [-0.4, -0.2) is 33.7 Å². The summed E-state index contributed by atoms with van der Waals surface area (Å²) in [6.07, 6.45) is 7.04. The number of rotatable bonds is 6. The molecule has 1 atom stereocenters. The maximum Gasteiger partial charge on any atom is 0.261 e. The third-order valence-corrected chi connectivity index (χ3v) is 5.41. The number of aryl methyl sites for hydroxylation is 1. The molecule has 4 rings (SSSR count). The maximum atomic E-state index is 12.7. The zero-order valence-corrected chi connectivity index (χ0v) is 16.2. The maximum absolute atomic E-state index is 12.7. The van der Waals surface area contributed by atoms with Crippen molar-refractivity contribution in [2.45, 2.75) is 31.8 Å². The van der Waals surface area contributed by atoms with Gasteiger partial charge in [0, 0.05) is 38.6 Å². The van der Waals surface area contributed by atoms with E-state index in [0.29, 0.717) is 30.0 Å². The van der Waals surface area contributed by atoms with Crippen LogP contribution in [0.25, 0.3) is 10.9 Å². The highest BCUT2D eigenvalue weighted by Gasteiger charge is 2.27. The first kappa shape index (κ1) is 19.3. The third-order valence-electron chi connectivity index (χ3n) is 5.41. The van der Waals surface area contributed by atoms with Crippen molar-refractivity contribution >= 4 is 16.8 Å². The molecule has 3 heterocycles. The summed E-state index contributed by atoms with van der Waals surface area (Å²) in [4.78, 5) is 33.8. The molecule has 0 spiro atoms. The fraction of sp³-hybridized carbons (Fsp3) is 0.364. The Balaban J connectivity index is 1.46. The highest BCUT2D eigenvalue weighted by Crippen LogP contribution is 2.29. The molecule has 0 bridgehead atoms. The van der Waals surface area contributed by atoms with Gasteiger partial charge in [0.05, 0.1) is 23.3 Å². The molecule has 0 saturated carbocycles. The number of amides is 1. The summed E-state index contributed by atoms with van der Waals surface area (Å²) in [5, 5.41) is 3.72. The van der Waals surface area contributed by atoms with Crippen molar-refractivity contribution in [3.8, 4) is 0 Å². The molecule has 7 nitrogen and oxygen atoms in total. The van der Waals surface area contributed by atoms with Crippen LogP contribution in [0.5, 0.6) is 0 Å². The molecule has 2 aromatic heterocycles. The highest BCUT2D eigenvalue weighted by atomic mass is 16.5. The van der Waals surface area contributed by atoms with Crippen LogP contribution in [0.1, 0.15) is 30.9 Å². The Morgan fingerprint density at radius 2 is 2.03 bits per heavy atom. The Morgan fingerprint density at radius 1 is 1.21 bits per heavy atom. The average molecular weight is 392 g/mol. The van der Waals surface area contributed by atoms with Crippen LogP contribution in [-0.2, 0) is 16.1 Å².